The van der Waals surface area contributed by atoms with E-state index in [1.807, 2.05) is 0 Å². The molecule has 0 aliphatic carbocycles. The summed E-state index contributed by atoms with van der Waals surface area (Å²) in [6, 6.07) is 79.7. The first-order chi connectivity index (χ1) is 29.7. The third-order valence-electron chi connectivity index (χ3n) is 12.3. The molecule has 0 fully saturated rings. The second-order valence-corrected chi connectivity index (χ2v) is 15.9. The molecule has 282 valence electrons. The molecule has 0 saturated carbocycles. The molecule has 2 aliphatic heterocycles. The van der Waals surface area contributed by atoms with Gasteiger partial charge in [-0.25, -0.2) is 0 Å². The lowest BCUT2D eigenvalue weighted by molar-refractivity contribution is 1.16. The molecule has 0 N–H and O–H groups in total. The van der Waals surface area contributed by atoms with Crippen molar-refractivity contribution in [2.75, 3.05) is 14.7 Å². The number of fused-ring (bicyclic) bond motifs is 7. The summed E-state index contributed by atoms with van der Waals surface area (Å²) < 4.78 is 2.57. The molecule has 3 heterocycles. The number of anilines is 9. The van der Waals surface area contributed by atoms with Gasteiger partial charge in [0.2, 0.25) is 0 Å². The highest BCUT2D eigenvalue weighted by Gasteiger charge is 2.42. The Balaban J connectivity index is 1.21. The van der Waals surface area contributed by atoms with Crippen LogP contribution in [0.25, 0.3) is 27.5 Å². The Morgan fingerprint density at radius 1 is 0.383 bits per heavy atom. The highest BCUT2D eigenvalue weighted by molar-refractivity contribution is 7.00. The lowest BCUT2D eigenvalue weighted by Crippen LogP contribution is -2.60. The minimum atomic E-state index is 0.00373. The lowest BCUT2D eigenvalue weighted by atomic mass is 9.33. The van der Waals surface area contributed by atoms with Gasteiger partial charge in [0.25, 0.3) is 6.71 Å². The molecule has 0 atom stereocenters. The van der Waals surface area contributed by atoms with Gasteiger partial charge in [0.15, 0.2) is 0 Å². The van der Waals surface area contributed by atoms with Crippen LogP contribution in [0, 0.1) is 6.92 Å². The summed E-state index contributed by atoms with van der Waals surface area (Å²) in [5.41, 5.74) is 19.2. The molecule has 0 amide bonds. The molecular weight excluding hydrogens is 727 g/mol. The average Bonchev–Trinajstić information content (AvgIpc) is 3.63. The van der Waals surface area contributed by atoms with Crippen molar-refractivity contribution in [3.05, 3.63) is 224 Å². The smallest absolute Gasteiger partial charge is 0.252 e. The first-order valence-corrected chi connectivity index (χ1v) is 20.7. The van der Waals surface area contributed by atoms with Crippen LogP contribution in [0.2, 0.25) is 0 Å². The average molecular weight is 767 g/mol. The van der Waals surface area contributed by atoms with E-state index in [0.29, 0.717) is 0 Å². The van der Waals surface area contributed by atoms with E-state index in [1.54, 1.807) is 0 Å². The zero-order valence-corrected chi connectivity index (χ0v) is 33.2. The number of para-hydroxylation sites is 6. The van der Waals surface area contributed by atoms with Crippen LogP contribution >= 0.6 is 0 Å². The first kappa shape index (κ1) is 34.3. The number of aryl methyl sites for hydroxylation is 1. The van der Waals surface area contributed by atoms with E-state index in [1.165, 1.54) is 60.8 Å². The molecule has 10 aromatic rings. The van der Waals surface area contributed by atoms with Crippen LogP contribution in [-0.4, -0.2) is 11.3 Å². The Morgan fingerprint density at radius 3 is 1.48 bits per heavy atom. The number of rotatable bonds is 7. The highest BCUT2D eigenvalue weighted by Crippen LogP contribution is 2.46. The number of aromatic nitrogens is 1. The van der Waals surface area contributed by atoms with Gasteiger partial charge in [-0.05, 0) is 138 Å². The molecule has 2 aliphatic rings. The number of nitrogens with zero attached hydrogens (tertiary/aromatic N) is 4. The maximum Gasteiger partial charge on any atom is 0.252 e. The van der Waals surface area contributed by atoms with Crippen LogP contribution in [0.5, 0.6) is 0 Å². The summed E-state index contributed by atoms with van der Waals surface area (Å²) in [6.45, 7) is 2.24. The van der Waals surface area contributed by atoms with Crippen LogP contribution in [0.3, 0.4) is 0 Å². The Labute approximate surface area is 350 Å². The SMILES string of the molecule is Cc1cc2c3c(c1)-n1c4ccc(N(c5ccccc5)c5ccccc5)cc4c4cc(N(c5ccccc5)c5ccccc5)cc(c41)B3c1ccccc1N2c1ccccc1. The van der Waals surface area contributed by atoms with E-state index in [-0.39, 0.29) is 6.71 Å². The molecule has 5 heteroatoms. The van der Waals surface area contributed by atoms with E-state index in [2.05, 4.69) is 245 Å². The van der Waals surface area contributed by atoms with Crippen LogP contribution in [0.1, 0.15) is 5.56 Å². The van der Waals surface area contributed by atoms with Crippen molar-refractivity contribution >= 4 is 96.1 Å². The second kappa shape index (κ2) is 13.7. The van der Waals surface area contributed by atoms with E-state index in [9.17, 15) is 0 Å². The van der Waals surface area contributed by atoms with Crippen molar-refractivity contribution in [3.63, 3.8) is 0 Å². The molecule has 0 saturated heterocycles. The fraction of sp³-hybridized carbons (Fsp3) is 0.0182. The Hall–Kier alpha value is -7.76. The number of hydrogen-bond acceptors (Lipinski definition) is 3. The molecule has 12 rings (SSSR count). The second-order valence-electron chi connectivity index (χ2n) is 15.9. The molecular formula is C55H39BN4. The van der Waals surface area contributed by atoms with E-state index in [0.717, 1.165) is 39.8 Å². The van der Waals surface area contributed by atoms with Crippen molar-refractivity contribution in [1.82, 2.24) is 4.57 Å². The fourth-order valence-corrected chi connectivity index (χ4v) is 9.92. The monoisotopic (exact) mass is 766 g/mol. The van der Waals surface area contributed by atoms with Crippen LogP contribution in [-0.2, 0) is 0 Å². The van der Waals surface area contributed by atoms with Crippen LogP contribution in [0.4, 0.5) is 51.2 Å². The predicted octanol–water partition coefficient (Wildman–Crippen LogP) is 12.6. The molecule has 4 nitrogen and oxygen atoms in total. The predicted molar refractivity (Wildman–Crippen MR) is 254 cm³/mol. The molecule has 9 aromatic carbocycles. The Kier molecular flexibility index (Phi) is 7.82. The van der Waals surface area contributed by atoms with Gasteiger partial charge in [0.05, 0.1) is 5.52 Å². The molecule has 0 radical (unpaired) electrons. The van der Waals surface area contributed by atoms with Gasteiger partial charge >= 0.3 is 0 Å². The van der Waals surface area contributed by atoms with Crippen molar-refractivity contribution in [3.8, 4) is 5.69 Å². The summed E-state index contributed by atoms with van der Waals surface area (Å²) in [5, 5.41) is 2.44. The lowest BCUT2D eigenvalue weighted by Gasteiger charge is -2.40. The first-order valence-electron chi connectivity index (χ1n) is 20.7. The third kappa shape index (κ3) is 5.26. The topological polar surface area (TPSA) is 14.7 Å². The van der Waals surface area contributed by atoms with Gasteiger partial charge in [-0.15, -0.1) is 0 Å². The Bertz CT molecular complexity index is 3140. The standard InChI is InChI=1S/C55H39BN4/c1-38-33-52-54-53(34-38)60-50-32-31-44(57(39-19-7-2-8-20-39)40-21-9-3-10-22-40)35-46(50)47-36-45(58(41-23-11-4-12-24-41)42-25-13-5-14-26-42)37-49(55(47)60)56(54)48-29-17-18-30-51(48)59(52)43-27-15-6-16-28-43/h2-37H,1H3. The van der Waals surface area contributed by atoms with Crippen LogP contribution < -0.4 is 31.1 Å². The van der Waals surface area contributed by atoms with E-state index in [4.69, 9.17) is 0 Å². The maximum absolute atomic E-state index is 2.57. The van der Waals surface area contributed by atoms with Gasteiger partial charge in [-0.2, -0.15) is 0 Å². The minimum Gasteiger partial charge on any atom is -0.311 e. The van der Waals surface area contributed by atoms with E-state index >= 15 is 0 Å². The molecule has 0 spiro atoms. The summed E-state index contributed by atoms with van der Waals surface area (Å²) in [7, 11) is 0. The molecule has 0 unspecified atom stereocenters. The number of hydrogen-bond donors (Lipinski definition) is 0. The largest absolute Gasteiger partial charge is 0.311 e. The van der Waals surface area contributed by atoms with Crippen molar-refractivity contribution in [1.29, 1.82) is 0 Å². The van der Waals surface area contributed by atoms with Crippen molar-refractivity contribution < 1.29 is 0 Å². The molecule has 60 heavy (non-hydrogen) atoms. The normalized spacial score (nSPS) is 12.3. The summed E-state index contributed by atoms with van der Waals surface area (Å²) in [6.07, 6.45) is 0. The van der Waals surface area contributed by atoms with Crippen molar-refractivity contribution in [2.24, 2.45) is 0 Å². The van der Waals surface area contributed by atoms with Gasteiger partial charge in [0.1, 0.15) is 0 Å². The van der Waals surface area contributed by atoms with Gasteiger partial charge in [-0.1, -0.05) is 109 Å². The van der Waals surface area contributed by atoms with Crippen LogP contribution in [0.15, 0.2) is 218 Å². The van der Waals surface area contributed by atoms with Gasteiger partial charge in [0, 0.05) is 73.2 Å². The van der Waals surface area contributed by atoms with Gasteiger partial charge in [-0.3, -0.25) is 0 Å². The van der Waals surface area contributed by atoms with Gasteiger partial charge < -0.3 is 19.3 Å². The fourth-order valence-electron chi connectivity index (χ4n) is 9.92. The quantitative estimate of drug-likeness (QED) is 0.150. The zero-order chi connectivity index (χ0) is 39.7. The summed E-state index contributed by atoms with van der Waals surface area (Å²) in [5.74, 6) is 0. The summed E-state index contributed by atoms with van der Waals surface area (Å²) in [4.78, 5) is 7.26. The third-order valence-corrected chi connectivity index (χ3v) is 12.3. The van der Waals surface area contributed by atoms with E-state index < -0.39 is 0 Å². The maximum atomic E-state index is 2.57. The zero-order valence-electron chi connectivity index (χ0n) is 33.2. The van der Waals surface area contributed by atoms with Crippen molar-refractivity contribution in [2.45, 2.75) is 6.92 Å². The molecule has 1 aromatic heterocycles. The highest BCUT2D eigenvalue weighted by atomic mass is 15.2. The minimum absolute atomic E-state index is 0.00373. The Morgan fingerprint density at radius 2 is 0.883 bits per heavy atom. The number of benzene rings is 9. The molecule has 0 bridgehead atoms. The summed E-state index contributed by atoms with van der Waals surface area (Å²) >= 11 is 0.